The van der Waals surface area contributed by atoms with Crippen LogP contribution in [0.5, 0.6) is 0 Å². The minimum atomic E-state index is -0.430. The Morgan fingerprint density at radius 2 is 0.902 bits per heavy atom. The van der Waals surface area contributed by atoms with Gasteiger partial charge in [-0.2, -0.15) is 0 Å². The van der Waals surface area contributed by atoms with E-state index in [0.717, 1.165) is 65.4 Å². The highest BCUT2D eigenvalue weighted by Crippen LogP contribution is 2.47. The van der Waals surface area contributed by atoms with Crippen LogP contribution >= 0.6 is 0 Å². The van der Waals surface area contributed by atoms with Crippen LogP contribution in [-0.2, 0) is 0 Å². The first-order chi connectivity index (χ1) is 28.6. The number of hydrogen-bond acceptors (Lipinski definition) is 1. The van der Waals surface area contributed by atoms with Gasteiger partial charge in [-0.15, -0.1) is 0 Å². The quantitative estimate of drug-likeness (QED) is 0.173. The maximum Gasteiger partial charge on any atom is 0.136 e. The van der Waals surface area contributed by atoms with Crippen molar-refractivity contribution in [2.45, 2.75) is 0 Å². The average molecular weight is 655 g/mol. The molecule has 0 saturated heterocycles. The zero-order valence-electron chi connectivity index (χ0n) is 35.1. The van der Waals surface area contributed by atoms with Crippen LogP contribution in [0.25, 0.3) is 109 Å². The molecule has 0 spiro atoms. The largest absolute Gasteiger partial charge is 0.456 e. The smallest absolute Gasteiger partial charge is 0.136 e. The summed E-state index contributed by atoms with van der Waals surface area (Å²) in [4.78, 5) is 0. The van der Waals surface area contributed by atoms with Gasteiger partial charge in [0.25, 0.3) is 0 Å². The molecule has 10 aromatic carbocycles. The van der Waals surface area contributed by atoms with Crippen LogP contribution in [0.15, 0.2) is 186 Å². The molecule has 0 unspecified atom stereocenters. The number of rotatable bonds is 3. The van der Waals surface area contributed by atoms with Crippen LogP contribution in [0.4, 0.5) is 0 Å². The lowest BCUT2D eigenvalue weighted by Crippen LogP contribution is -1.92. The maximum absolute atomic E-state index is 9.50. The van der Waals surface area contributed by atoms with Gasteiger partial charge in [-0.05, 0) is 112 Å². The molecular weight excluding hydrogens is 617 g/mol. The number of hydrogen-bond donors (Lipinski definition) is 0. The topological polar surface area (TPSA) is 13.1 Å². The summed E-state index contributed by atoms with van der Waals surface area (Å²) in [6.45, 7) is 0. The van der Waals surface area contributed by atoms with E-state index in [9.17, 15) is 5.48 Å². The van der Waals surface area contributed by atoms with Crippen molar-refractivity contribution in [1.82, 2.24) is 0 Å². The lowest BCUT2D eigenvalue weighted by Gasteiger charge is -2.19. The van der Waals surface area contributed by atoms with E-state index in [1.165, 1.54) is 0 Å². The number of benzene rings is 10. The van der Waals surface area contributed by atoms with Gasteiger partial charge < -0.3 is 4.42 Å². The molecule has 1 nitrogen and oxygen atoms in total. The summed E-state index contributed by atoms with van der Waals surface area (Å²) in [6.07, 6.45) is 0. The first-order valence-corrected chi connectivity index (χ1v) is 16.9. The molecule has 0 atom stereocenters. The zero-order valence-corrected chi connectivity index (χ0v) is 27.1. The van der Waals surface area contributed by atoms with Crippen LogP contribution in [0.1, 0.15) is 11.0 Å². The third kappa shape index (κ3) is 4.22. The third-order valence-electron chi connectivity index (χ3n) is 10.3. The molecule has 0 amide bonds. The molecule has 0 fully saturated rings. The van der Waals surface area contributed by atoms with E-state index >= 15 is 0 Å². The summed E-state index contributed by atoms with van der Waals surface area (Å²) in [7, 11) is 0. The first-order valence-electron chi connectivity index (χ1n) is 20.9. The van der Waals surface area contributed by atoms with Crippen molar-refractivity contribution in [1.29, 1.82) is 0 Å². The number of fused-ring (bicyclic) bond motifs is 8. The predicted octanol–water partition coefficient (Wildman–Crippen LogP) is 14.4. The lowest BCUT2D eigenvalue weighted by molar-refractivity contribution is 0.669. The summed E-state index contributed by atoms with van der Waals surface area (Å²) in [6, 6.07) is 40.8. The van der Waals surface area contributed by atoms with Crippen LogP contribution in [-0.4, -0.2) is 0 Å². The molecule has 0 aliphatic rings. The standard InChI is InChI=1S/C50H30O/c1-2-13-32-28-35(27-26-31(32)12-1)48-41-16-5-7-18-43(41)49(44-19-8-6-17-42(44)48)39-23-10-20-36-37(39)21-9-22-38(36)40-24-11-25-46-50(40)45-29-33-14-3-4-15-34(33)30-47(45)51-46/h1-30H/i5D,6D,7D,8D,16D,17D,18D,19D. The van der Waals surface area contributed by atoms with Crippen molar-refractivity contribution in [3.63, 3.8) is 0 Å². The summed E-state index contributed by atoms with van der Waals surface area (Å²) >= 11 is 0. The van der Waals surface area contributed by atoms with E-state index in [1.54, 1.807) is 0 Å². The van der Waals surface area contributed by atoms with Gasteiger partial charge in [0.1, 0.15) is 11.2 Å². The molecule has 1 heterocycles. The molecule has 0 aliphatic heterocycles. The van der Waals surface area contributed by atoms with Crippen LogP contribution in [0.3, 0.4) is 0 Å². The van der Waals surface area contributed by atoms with Crippen LogP contribution in [0, 0.1) is 0 Å². The minimum Gasteiger partial charge on any atom is -0.456 e. The Kier molecular flexibility index (Phi) is 4.57. The van der Waals surface area contributed by atoms with E-state index in [4.69, 9.17) is 9.90 Å². The SMILES string of the molecule is [2H]c1c([2H])c([2H])c2c(-c3cccc4c(-c5cccc6oc7cc8ccccc8cc7c56)cccc34)c3c([2H])c([2H])c([2H])c([2H])c3c(-c3ccc4ccccc4c3)c2c1[2H]. The van der Waals surface area contributed by atoms with Crippen molar-refractivity contribution >= 4 is 75.8 Å². The molecule has 0 aliphatic carbocycles. The fourth-order valence-electron chi connectivity index (χ4n) is 8.03. The highest BCUT2D eigenvalue weighted by Gasteiger charge is 2.20. The van der Waals surface area contributed by atoms with E-state index in [1.807, 2.05) is 97.1 Å². The van der Waals surface area contributed by atoms with Gasteiger partial charge in [0, 0.05) is 10.8 Å². The Morgan fingerprint density at radius 3 is 1.61 bits per heavy atom. The van der Waals surface area contributed by atoms with E-state index in [0.29, 0.717) is 22.3 Å². The highest BCUT2D eigenvalue weighted by atomic mass is 16.3. The summed E-state index contributed by atoms with van der Waals surface area (Å²) in [5.41, 5.74) is 5.19. The second-order valence-corrected chi connectivity index (χ2v) is 13.0. The Bertz CT molecular complexity index is 3580. The molecule has 0 N–H and O–H groups in total. The third-order valence-corrected chi connectivity index (χ3v) is 10.3. The Labute approximate surface area is 305 Å². The molecule has 236 valence electrons. The molecule has 1 aromatic heterocycles. The van der Waals surface area contributed by atoms with E-state index < -0.39 is 24.2 Å². The van der Waals surface area contributed by atoms with Crippen molar-refractivity contribution in [3.05, 3.63) is 182 Å². The highest BCUT2D eigenvalue weighted by molar-refractivity contribution is 6.25. The second kappa shape index (κ2) is 10.9. The summed E-state index contributed by atoms with van der Waals surface area (Å²) < 4.78 is 79.9. The molecule has 0 radical (unpaired) electrons. The molecule has 1 heteroatoms. The fourth-order valence-corrected chi connectivity index (χ4v) is 8.03. The average Bonchev–Trinajstić information content (AvgIpc) is 3.64. The fraction of sp³-hybridized carbons (Fsp3) is 0. The van der Waals surface area contributed by atoms with Gasteiger partial charge in [-0.25, -0.2) is 0 Å². The molecule has 11 aromatic rings. The molecule has 0 saturated carbocycles. The Morgan fingerprint density at radius 1 is 0.353 bits per heavy atom. The van der Waals surface area contributed by atoms with Gasteiger partial charge in [0.2, 0.25) is 0 Å². The predicted molar refractivity (Wildman–Crippen MR) is 218 cm³/mol. The van der Waals surface area contributed by atoms with Crippen molar-refractivity contribution < 1.29 is 15.4 Å². The van der Waals surface area contributed by atoms with Gasteiger partial charge in [-0.1, -0.05) is 158 Å². The first kappa shape index (κ1) is 21.4. The Hall–Kier alpha value is -6.70. The van der Waals surface area contributed by atoms with E-state index in [2.05, 4.69) is 36.4 Å². The molecule has 51 heavy (non-hydrogen) atoms. The van der Waals surface area contributed by atoms with Crippen molar-refractivity contribution in [3.8, 4) is 33.4 Å². The van der Waals surface area contributed by atoms with Gasteiger partial charge in [0.05, 0.1) is 11.0 Å². The monoisotopic (exact) mass is 654 g/mol. The normalized spacial score (nSPS) is 14.1. The van der Waals surface area contributed by atoms with Crippen LogP contribution in [0.2, 0.25) is 0 Å². The molecule has 11 rings (SSSR count). The molecule has 0 bridgehead atoms. The minimum absolute atomic E-state index is 0.185. The van der Waals surface area contributed by atoms with Gasteiger partial charge >= 0.3 is 0 Å². The van der Waals surface area contributed by atoms with Crippen LogP contribution < -0.4 is 0 Å². The second-order valence-electron chi connectivity index (χ2n) is 13.0. The van der Waals surface area contributed by atoms with Crippen molar-refractivity contribution in [2.24, 2.45) is 0 Å². The number of furan rings is 1. The van der Waals surface area contributed by atoms with Crippen molar-refractivity contribution in [2.75, 3.05) is 0 Å². The van der Waals surface area contributed by atoms with E-state index in [-0.39, 0.29) is 45.7 Å². The lowest BCUT2D eigenvalue weighted by atomic mass is 9.83. The molecular formula is C50H30O. The zero-order chi connectivity index (χ0) is 40.4. The Balaban J connectivity index is 1.30. The summed E-state index contributed by atoms with van der Waals surface area (Å²) in [5, 5.41) is 8.32. The maximum atomic E-state index is 9.50. The van der Waals surface area contributed by atoms with Gasteiger partial charge in [-0.3, -0.25) is 0 Å². The van der Waals surface area contributed by atoms with Gasteiger partial charge in [0.15, 0.2) is 0 Å². The summed E-state index contributed by atoms with van der Waals surface area (Å²) in [5.74, 6) is 0.